The van der Waals surface area contributed by atoms with Crippen LogP contribution < -0.4 is 0 Å². The molecule has 2 aromatic heterocycles. The fraction of sp³-hybridized carbons (Fsp3) is 0.526. The van der Waals surface area contributed by atoms with E-state index in [9.17, 15) is 9.59 Å². The Morgan fingerprint density at radius 3 is 2.85 bits per heavy atom. The van der Waals surface area contributed by atoms with Gasteiger partial charge in [0, 0.05) is 19.6 Å². The number of likely N-dealkylation sites (tertiary alicyclic amines) is 1. The quantitative estimate of drug-likeness (QED) is 0.674. The maximum atomic E-state index is 13.2. The van der Waals surface area contributed by atoms with Gasteiger partial charge in [-0.15, -0.1) is 11.3 Å². The minimum absolute atomic E-state index is 0.0844. The van der Waals surface area contributed by atoms with Gasteiger partial charge in [-0.1, -0.05) is 18.5 Å². The van der Waals surface area contributed by atoms with E-state index in [1.807, 2.05) is 18.2 Å². The molecule has 2 aromatic rings. The Bertz CT molecular complexity index is 817. The van der Waals surface area contributed by atoms with Crippen LogP contribution in [0.2, 0.25) is 4.34 Å². The van der Waals surface area contributed by atoms with E-state index in [1.54, 1.807) is 16.5 Å². The highest BCUT2D eigenvalue weighted by atomic mass is 35.5. The molecule has 0 aliphatic carbocycles. The second-order valence-corrected chi connectivity index (χ2v) is 8.30. The smallest absolute Gasteiger partial charge is 0.310 e. The first-order valence-corrected chi connectivity index (χ1v) is 10.5. The fourth-order valence-corrected chi connectivity index (χ4v) is 4.32. The number of esters is 1. The Kier molecular flexibility index (Phi) is 6.55. The van der Waals surface area contributed by atoms with Crippen molar-refractivity contribution in [3.05, 3.63) is 28.2 Å². The summed E-state index contributed by atoms with van der Waals surface area (Å²) in [7, 11) is 0. The molecule has 1 atom stereocenters. The van der Waals surface area contributed by atoms with Gasteiger partial charge < -0.3 is 9.64 Å². The van der Waals surface area contributed by atoms with Crippen LogP contribution in [-0.2, 0) is 16.1 Å². The molecule has 0 N–H and O–H groups in total. The maximum Gasteiger partial charge on any atom is 0.310 e. The fourth-order valence-electron chi connectivity index (χ4n) is 3.32. The Morgan fingerprint density at radius 1 is 1.37 bits per heavy atom. The van der Waals surface area contributed by atoms with E-state index in [4.69, 9.17) is 16.3 Å². The van der Waals surface area contributed by atoms with E-state index < -0.39 is 0 Å². The number of aryl methyl sites for hydroxylation is 1. The van der Waals surface area contributed by atoms with E-state index in [0.717, 1.165) is 29.8 Å². The van der Waals surface area contributed by atoms with E-state index >= 15 is 0 Å². The number of halogens is 1. The molecule has 0 saturated carbocycles. The molecule has 146 valence electrons. The first-order valence-electron chi connectivity index (χ1n) is 9.33. The summed E-state index contributed by atoms with van der Waals surface area (Å²) in [5.41, 5.74) is 1.31. The molecule has 1 fully saturated rings. The van der Waals surface area contributed by atoms with Gasteiger partial charge in [-0.2, -0.15) is 5.10 Å². The molecule has 3 heterocycles. The van der Waals surface area contributed by atoms with Gasteiger partial charge in [0.15, 0.2) is 0 Å². The SMILES string of the molecule is CCCn1nc(-c2ccc(Cl)s2)cc1C(=O)N1CCCC(C(=O)OCC)C1. The highest BCUT2D eigenvalue weighted by molar-refractivity contribution is 7.19. The first-order chi connectivity index (χ1) is 13.0. The van der Waals surface area contributed by atoms with Crippen molar-refractivity contribution in [2.24, 2.45) is 5.92 Å². The molecule has 3 rings (SSSR count). The van der Waals surface area contributed by atoms with Crippen molar-refractivity contribution in [3.63, 3.8) is 0 Å². The summed E-state index contributed by atoms with van der Waals surface area (Å²) in [6.07, 6.45) is 2.43. The Balaban J connectivity index is 1.82. The van der Waals surface area contributed by atoms with Gasteiger partial charge in [0.1, 0.15) is 11.4 Å². The van der Waals surface area contributed by atoms with Gasteiger partial charge in [0.2, 0.25) is 0 Å². The number of aromatic nitrogens is 2. The van der Waals surface area contributed by atoms with Crippen molar-refractivity contribution >= 4 is 34.8 Å². The summed E-state index contributed by atoms with van der Waals surface area (Å²) in [4.78, 5) is 27.9. The lowest BCUT2D eigenvalue weighted by Gasteiger charge is -2.31. The number of carbonyl (C=O) groups is 2. The third-order valence-electron chi connectivity index (χ3n) is 4.59. The largest absolute Gasteiger partial charge is 0.466 e. The molecular formula is C19H24ClN3O3S. The molecule has 6 nitrogen and oxygen atoms in total. The van der Waals surface area contributed by atoms with Crippen LogP contribution in [0.3, 0.4) is 0 Å². The minimum Gasteiger partial charge on any atom is -0.466 e. The molecular weight excluding hydrogens is 386 g/mol. The number of hydrogen-bond acceptors (Lipinski definition) is 5. The lowest BCUT2D eigenvalue weighted by atomic mass is 9.98. The molecule has 1 unspecified atom stereocenters. The van der Waals surface area contributed by atoms with Crippen molar-refractivity contribution in [3.8, 4) is 10.6 Å². The Morgan fingerprint density at radius 2 is 2.19 bits per heavy atom. The van der Waals surface area contributed by atoms with Crippen LogP contribution >= 0.6 is 22.9 Å². The lowest BCUT2D eigenvalue weighted by Crippen LogP contribution is -2.43. The van der Waals surface area contributed by atoms with E-state index in [-0.39, 0.29) is 17.8 Å². The predicted molar refractivity (Wildman–Crippen MR) is 106 cm³/mol. The molecule has 1 amide bonds. The highest BCUT2D eigenvalue weighted by Crippen LogP contribution is 2.31. The number of piperidine rings is 1. The van der Waals surface area contributed by atoms with Crippen LogP contribution in [0.25, 0.3) is 10.6 Å². The van der Waals surface area contributed by atoms with Crippen LogP contribution in [0.4, 0.5) is 0 Å². The highest BCUT2D eigenvalue weighted by Gasteiger charge is 2.31. The van der Waals surface area contributed by atoms with Crippen LogP contribution in [0.1, 0.15) is 43.6 Å². The number of ether oxygens (including phenoxy) is 1. The monoisotopic (exact) mass is 409 g/mol. The standard InChI is InChI=1S/C19H24ClN3O3S/c1-3-9-23-15(11-14(21-23)16-7-8-17(20)27-16)18(24)22-10-5-6-13(12-22)19(25)26-4-2/h7-8,11,13H,3-6,9-10,12H2,1-2H3. The molecule has 1 saturated heterocycles. The Hall–Kier alpha value is -1.86. The predicted octanol–water partition coefficient (Wildman–Crippen LogP) is 4.09. The number of hydrogen-bond donors (Lipinski definition) is 0. The number of thiophene rings is 1. The molecule has 0 bridgehead atoms. The van der Waals surface area contributed by atoms with E-state index in [0.29, 0.717) is 36.3 Å². The van der Waals surface area contributed by atoms with Crippen LogP contribution in [0.5, 0.6) is 0 Å². The number of rotatable bonds is 6. The summed E-state index contributed by atoms with van der Waals surface area (Å²) in [6.45, 7) is 5.91. The second kappa shape index (κ2) is 8.89. The maximum absolute atomic E-state index is 13.2. The summed E-state index contributed by atoms with van der Waals surface area (Å²) >= 11 is 7.48. The number of nitrogens with zero attached hydrogens (tertiary/aromatic N) is 3. The van der Waals surface area contributed by atoms with Gasteiger partial charge in [-0.05, 0) is 44.4 Å². The molecule has 0 aromatic carbocycles. The molecule has 0 radical (unpaired) electrons. The summed E-state index contributed by atoms with van der Waals surface area (Å²) < 4.78 is 7.59. The van der Waals surface area contributed by atoms with Gasteiger partial charge >= 0.3 is 5.97 Å². The zero-order valence-electron chi connectivity index (χ0n) is 15.6. The summed E-state index contributed by atoms with van der Waals surface area (Å²) in [5.74, 6) is -0.550. The summed E-state index contributed by atoms with van der Waals surface area (Å²) in [6, 6.07) is 5.57. The molecule has 1 aliphatic heterocycles. The van der Waals surface area contributed by atoms with Gasteiger partial charge in [-0.3, -0.25) is 14.3 Å². The van der Waals surface area contributed by atoms with Gasteiger partial charge in [0.05, 0.1) is 21.7 Å². The third kappa shape index (κ3) is 4.52. The van der Waals surface area contributed by atoms with Crippen LogP contribution in [-0.4, -0.2) is 46.3 Å². The molecule has 0 spiro atoms. The van der Waals surface area contributed by atoms with E-state index in [1.165, 1.54) is 11.3 Å². The van der Waals surface area contributed by atoms with Crippen LogP contribution in [0, 0.1) is 5.92 Å². The van der Waals surface area contributed by atoms with Crippen molar-refractivity contribution in [1.29, 1.82) is 0 Å². The molecule has 1 aliphatic rings. The summed E-state index contributed by atoms with van der Waals surface area (Å²) in [5, 5.41) is 4.61. The van der Waals surface area contributed by atoms with Crippen LogP contribution in [0.15, 0.2) is 18.2 Å². The van der Waals surface area contributed by atoms with Crippen molar-refractivity contribution in [1.82, 2.24) is 14.7 Å². The second-order valence-electron chi connectivity index (χ2n) is 6.58. The zero-order chi connectivity index (χ0) is 19.4. The first kappa shape index (κ1) is 19.9. The van der Waals surface area contributed by atoms with Crippen molar-refractivity contribution in [2.45, 2.75) is 39.7 Å². The van der Waals surface area contributed by atoms with Gasteiger partial charge in [0.25, 0.3) is 5.91 Å². The molecule has 8 heteroatoms. The normalized spacial score (nSPS) is 17.1. The minimum atomic E-state index is -0.249. The van der Waals surface area contributed by atoms with E-state index in [2.05, 4.69) is 12.0 Å². The molecule has 27 heavy (non-hydrogen) atoms. The van der Waals surface area contributed by atoms with Crippen molar-refractivity contribution in [2.75, 3.05) is 19.7 Å². The average Bonchev–Trinajstić information content (AvgIpc) is 3.28. The third-order valence-corrected chi connectivity index (χ3v) is 5.84. The topological polar surface area (TPSA) is 64.4 Å². The Labute approximate surface area is 168 Å². The number of amides is 1. The number of carbonyl (C=O) groups excluding carboxylic acids is 2. The zero-order valence-corrected chi connectivity index (χ0v) is 17.2. The lowest BCUT2D eigenvalue weighted by molar-refractivity contribution is -0.149. The van der Waals surface area contributed by atoms with Crippen molar-refractivity contribution < 1.29 is 14.3 Å². The van der Waals surface area contributed by atoms with Gasteiger partial charge in [-0.25, -0.2) is 0 Å². The average molecular weight is 410 g/mol.